The third-order valence-corrected chi connectivity index (χ3v) is 8.36. The molecular weight excluding hydrogens is 450 g/mol. The topological polar surface area (TPSA) is 91.8 Å². The fourth-order valence-electron chi connectivity index (χ4n) is 4.85. The first-order chi connectivity index (χ1) is 16.5. The third-order valence-electron chi connectivity index (χ3n) is 6.48. The van der Waals surface area contributed by atoms with Crippen molar-refractivity contribution in [1.29, 1.82) is 0 Å². The SMILES string of the molecule is COc1cccc(S(=O)(=O)N2CC[C@@H]3[C@@H](CO)Nc4ccc(C#Cc5cccnc5)cc4[C@@H]32)c1. The van der Waals surface area contributed by atoms with Crippen LogP contribution in [-0.4, -0.2) is 49.1 Å². The molecular formula is C26H25N3O4S. The highest BCUT2D eigenvalue weighted by molar-refractivity contribution is 7.89. The number of hydrogen-bond acceptors (Lipinski definition) is 6. The second-order valence-corrected chi connectivity index (χ2v) is 10.3. The summed E-state index contributed by atoms with van der Waals surface area (Å²) in [5, 5.41) is 13.4. The van der Waals surface area contributed by atoms with E-state index in [-0.39, 0.29) is 23.5 Å². The number of sulfonamides is 1. The van der Waals surface area contributed by atoms with Gasteiger partial charge >= 0.3 is 0 Å². The largest absolute Gasteiger partial charge is 0.497 e. The Bertz CT molecular complexity index is 1370. The van der Waals surface area contributed by atoms with E-state index in [1.165, 1.54) is 7.11 Å². The number of benzene rings is 2. The van der Waals surface area contributed by atoms with Crippen LogP contribution in [0.3, 0.4) is 0 Å². The van der Waals surface area contributed by atoms with Gasteiger partial charge in [-0.1, -0.05) is 17.9 Å². The summed E-state index contributed by atoms with van der Waals surface area (Å²) >= 11 is 0. The summed E-state index contributed by atoms with van der Waals surface area (Å²) in [6.45, 7) is 0.300. The van der Waals surface area contributed by atoms with Crippen LogP contribution in [0.4, 0.5) is 5.69 Å². The molecule has 0 unspecified atom stereocenters. The van der Waals surface area contributed by atoms with Gasteiger partial charge in [0.2, 0.25) is 10.0 Å². The maximum absolute atomic E-state index is 13.7. The smallest absolute Gasteiger partial charge is 0.243 e. The molecule has 5 rings (SSSR count). The van der Waals surface area contributed by atoms with E-state index < -0.39 is 16.1 Å². The molecule has 0 aliphatic carbocycles. The molecule has 1 aromatic heterocycles. The van der Waals surface area contributed by atoms with Gasteiger partial charge in [0.15, 0.2) is 0 Å². The predicted octanol–water partition coefficient (Wildman–Crippen LogP) is 3.03. The van der Waals surface area contributed by atoms with E-state index in [1.807, 2.05) is 30.3 Å². The van der Waals surface area contributed by atoms with Crippen LogP contribution in [0.1, 0.15) is 29.2 Å². The van der Waals surface area contributed by atoms with Gasteiger partial charge in [-0.15, -0.1) is 0 Å². The van der Waals surface area contributed by atoms with Gasteiger partial charge in [-0.2, -0.15) is 4.31 Å². The second-order valence-electron chi connectivity index (χ2n) is 8.42. The Hall–Kier alpha value is -3.38. The summed E-state index contributed by atoms with van der Waals surface area (Å²) in [5.41, 5.74) is 3.28. The van der Waals surface area contributed by atoms with Crippen LogP contribution in [-0.2, 0) is 10.0 Å². The van der Waals surface area contributed by atoms with Gasteiger partial charge in [-0.25, -0.2) is 8.42 Å². The second kappa shape index (κ2) is 9.11. The molecule has 0 spiro atoms. The monoisotopic (exact) mass is 475 g/mol. The third kappa shape index (κ3) is 4.03. The van der Waals surface area contributed by atoms with Crippen molar-refractivity contribution in [2.45, 2.75) is 23.4 Å². The number of aliphatic hydroxyl groups excluding tert-OH is 1. The lowest BCUT2D eigenvalue weighted by atomic mass is 9.83. The van der Waals surface area contributed by atoms with Gasteiger partial charge < -0.3 is 15.2 Å². The van der Waals surface area contributed by atoms with Gasteiger partial charge in [0, 0.05) is 47.7 Å². The molecule has 1 saturated heterocycles. The summed E-state index contributed by atoms with van der Waals surface area (Å²) in [6.07, 6.45) is 4.05. The summed E-state index contributed by atoms with van der Waals surface area (Å²) in [5.74, 6) is 6.71. The minimum Gasteiger partial charge on any atom is -0.497 e. The normalized spacial score (nSPS) is 21.5. The number of rotatable bonds is 4. The standard InChI is InChI=1S/C26H25N3O4S/c1-33-20-5-2-6-21(15-20)34(31,32)29-13-11-22-25(17-30)28-24-10-9-18(14-23(24)26(22)29)7-8-19-4-3-12-27-16-19/h2-6,9-10,12,14-16,22,25-26,28,30H,11,13,17H2,1H3/t22-,25-,26-/m1/s1. The average molecular weight is 476 g/mol. The van der Waals surface area contributed by atoms with Crippen molar-refractivity contribution in [2.75, 3.05) is 25.6 Å². The summed E-state index contributed by atoms with van der Waals surface area (Å²) < 4.78 is 34.2. The highest BCUT2D eigenvalue weighted by Gasteiger charge is 2.48. The number of fused-ring (bicyclic) bond motifs is 3. The summed E-state index contributed by atoms with van der Waals surface area (Å²) in [4.78, 5) is 4.28. The maximum atomic E-state index is 13.7. The van der Waals surface area contributed by atoms with E-state index >= 15 is 0 Å². The molecule has 2 N–H and O–H groups in total. The number of ether oxygens (including phenoxy) is 1. The Morgan fingerprint density at radius 1 is 1.15 bits per heavy atom. The van der Waals surface area contributed by atoms with Crippen molar-refractivity contribution >= 4 is 15.7 Å². The zero-order valence-electron chi connectivity index (χ0n) is 18.7. The molecule has 34 heavy (non-hydrogen) atoms. The molecule has 174 valence electrons. The molecule has 3 atom stereocenters. The van der Waals surface area contributed by atoms with Crippen LogP contribution in [0.5, 0.6) is 5.75 Å². The Kier molecular flexibility index (Phi) is 6.00. The zero-order chi connectivity index (χ0) is 23.7. The van der Waals surface area contributed by atoms with Crippen molar-refractivity contribution in [3.05, 3.63) is 83.7 Å². The summed E-state index contributed by atoms with van der Waals surface area (Å²) in [6, 6.07) is 15.4. The Morgan fingerprint density at radius 2 is 2.00 bits per heavy atom. The van der Waals surface area contributed by atoms with Gasteiger partial charge in [0.1, 0.15) is 5.75 Å². The predicted molar refractivity (Wildman–Crippen MR) is 129 cm³/mol. The van der Waals surface area contributed by atoms with E-state index in [4.69, 9.17) is 4.74 Å². The van der Waals surface area contributed by atoms with Crippen LogP contribution in [0.2, 0.25) is 0 Å². The van der Waals surface area contributed by atoms with Crippen molar-refractivity contribution in [2.24, 2.45) is 5.92 Å². The fraction of sp³-hybridized carbons (Fsp3) is 0.269. The average Bonchev–Trinajstić information content (AvgIpc) is 3.34. The number of methoxy groups -OCH3 is 1. The molecule has 0 saturated carbocycles. The number of nitrogens with zero attached hydrogens (tertiary/aromatic N) is 2. The first kappa shape index (κ1) is 22.4. The van der Waals surface area contributed by atoms with Crippen LogP contribution >= 0.6 is 0 Å². The fourth-order valence-corrected chi connectivity index (χ4v) is 6.55. The van der Waals surface area contributed by atoms with Crippen LogP contribution in [0.25, 0.3) is 0 Å². The van der Waals surface area contributed by atoms with E-state index in [2.05, 4.69) is 22.1 Å². The molecule has 0 radical (unpaired) electrons. The van der Waals surface area contributed by atoms with Gasteiger partial charge in [0.05, 0.1) is 30.7 Å². The molecule has 3 heterocycles. The van der Waals surface area contributed by atoms with Crippen molar-refractivity contribution in [3.63, 3.8) is 0 Å². The molecule has 0 amide bonds. The van der Waals surface area contributed by atoms with Gasteiger partial charge in [0.25, 0.3) is 0 Å². The number of aliphatic hydroxyl groups is 1. The van der Waals surface area contributed by atoms with Crippen LogP contribution in [0, 0.1) is 17.8 Å². The Balaban J connectivity index is 1.56. The number of aromatic nitrogens is 1. The molecule has 2 aliphatic rings. The van der Waals surface area contributed by atoms with E-state index in [0.717, 1.165) is 22.4 Å². The number of nitrogens with one attached hydrogen (secondary N) is 1. The maximum Gasteiger partial charge on any atom is 0.243 e. The Labute approximate surface area is 199 Å². The molecule has 7 nitrogen and oxygen atoms in total. The number of pyridine rings is 1. The molecule has 8 heteroatoms. The van der Waals surface area contributed by atoms with E-state index in [1.54, 1.807) is 41.0 Å². The molecule has 2 aromatic carbocycles. The molecule has 3 aromatic rings. The number of hydrogen-bond donors (Lipinski definition) is 2. The van der Waals surface area contributed by atoms with Crippen LogP contribution in [0.15, 0.2) is 71.9 Å². The first-order valence-electron chi connectivity index (χ1n) is 11.1. The lowest BCUT2D eigenvalue weighted by Crippen LogP contribution is -2.42. The van der Waals surface area contributed by atoms with Crippen molar-refractivity contribution in [1.82, 2.24) is 9.29 Å². The molecule has 0 bridgehead atoms. The highest BCUT2D eigenvalue weighted by atomic mass is 32.2. The lowest BCUT2D eigenvalue weighted by molar-refractivity contribution is 0.210. The minimum absolute atomic E-state index is 0.0561. The first-order valence-corrected chi connectivity index (χ1v) is 12.5. The Morgan fingerprint density at radius 3 is 2.76 bits per heavy atom. The van der Waals surface area contributed by atoms with Crippen molar-refractivity contribution in [3.8, 4) is 17.6 Å². The highest BCUT2D eigenvalue weighted by Crippen LogP contribution is 2.48. The number of anilines is 1. The zero-order valence-corrected chi connectivity index (χ0v) is 19.5. The van der Waals surface area contributed by atoms with E-state index in [9.17, 15) is 13.5 Å². The van der Waals surface area contributed by atoms with Gasteiger partial charge in [-0.05, 0) is 54.4 Å². The van der Waals surface area contributed by atoms with Crippen molar-refractivity contribution < 1.29 is 18.3 Å². The van der Waals surface area contributed by atoms with Gasteiger partial charge in [-0.3, -0.25) is 4.98 Å². The molecule has 1 fully saturated rings. The quantitative estimate of drug-likeness (QED) is 0.564. The van der Waals surface area contributed by atoms with E-state index in [0.29, 0.717) is 18.7 Å². The molecule has 2 aliphatic heterocycles. The van der Waals surface area contributed by atoms with Crippen LogP contribution < -0.4 is 10.1 Å². The lowest BCUT2D eigenvalue weighted by Gasteiger charge is -2.38. The summed E-state index contributed by atoms with van der Waals surface area (Å²) in [7, 11) is -2.27. The minimum atomic E-state index is -3.78.